The molecule has 148 valence electrons. The lowest BCUT2D eigenvalue weighted by atomic mass is 10.0. The van der Waals surface area contributed by atoms with E-state index in [2.05, 4.69) is 15.6 Å². The van der Waals surface area contributed by atoms with Gasteiger partial charge >= 0.3 is 0 Å². The van der Waals surface area contributed by atoms with Crippen LogP contribution in [0.3, 0.4) is 0 Å². The van der Waals surface area contributed by atoms with Crippen LogP contribution in [0.25, 0.3) is 0 Å². The van der Waals surface area contributed by atoms with Crippen molar-refractivity contribution in [1.82, 2.24) is 10.6 Å². The van der Waals surface area contributed by atoms with E-state index in [1.54, 1.807) is 31.2 Å². The fourth-order valence-electron chi connectivity index (χ4n) is 2.47. The average Bonchev–Trinajstić information content (AvgIpc) is 3.15. The van der Waals surface area contributed by atoms with Crippen LogP contribution >= 0.6 is 0 Å². The maximum Gasteiger partial charge on any atom is 0.191 e. The van der Waals surface area contributed by atoms with Crippen molar-refractivity contribution in [3.63, 3.8) is 0 Å². The second kappa shape index (κ2) is 9.05. The van der Waals surface area contributed by atoms with E-state index < -0.39 is 15.4 Å². The molecule has 0 aliphatic heterocycles. The summed E-state index contributed by atoms with van der Waals surface area (Å²) in [5, 5.41) is 16.8. The summed E-state index contributed by atoms with van der Waals surface area (Å²) >= 11 is 0. The molecule has 0 aliphatic carbocycles. The third kappa shape index (κ3) is 6.41. The first-order valence-electron chi connectivity index (χ1n) is 8.80. The molecule has 0 saturated heterocycles. The predicted molar refractivity (Wildman–Crippen MR) is 106 cm³/mol. The molecule has 2 aromatic rings. The summed E-state index contributed by atoms with van der Waals surface area (Å²) in [6.07, 6.45) is 3.43. The monoisotopic (exact) mass is 393 g/mol. The van der Waals surface area contributed by atoms with Gasteiger partial charge in [-0.15, -0.1) is 0 Å². The number of hydrogen-bond acceptors (Lipinski definition) is 5. The highest BCUT2D eigenvalue weighted by molar-refractivity contribution is 7.90. The largest absolute Gasteiger partial charge is 0.466 e. The fraction of sp³-hybridized carbons (Fsp3) is 0.421. The molecule has 0 fully saturated rings. The second-order valence-electron chi connectivity index (χ2n) is 6.54. The molecule has 27 heavy (non-hydrogen) atoms. The van der Waals surface area contributed by atoms with Crippen molar-refractivity contribution < 1.29 is 17.9 Å². The quantitative estimate of drug-likeness (QED) is 0.466. The SMILES string of the molecule is CCNC(=NCC(C)(O)c1ccco1)NCCc1ccc(S(C)(=O)=O)cc1. The van der Waals surface area contributed by atoms with Crippen molar-refractivity contribution in [2.45, 2.75) is 30.8 Å². The third-order valence-electron chi connectivity index (χ3n) is 4.00. The van der Waals surface area contributed by atoms with Gasteiger partial charge in [-0.1, -0.05) is 12.1 Å². The molecule has 8 heteroatoms. The van der Waals surface area contributed by atoms with E-state index in [-0.39, 0.29) is 6.54 Å². The van der Waals surface area contributed by atoms with Crippen molar-refractivity contribution >= 4 is 15.8 Å². The number of nitrogens with zero attached hydrogens (tertiary/aromatic N) is 1. The molecule has 0 spiro atoms. The minimum atomic E-state index is -3.18. The van der Waals surface area contributed by atoms with Crippen molar-refractivity contribution in [2.24, 2.45) is 4.99 Å². The van der Waals surface area contributed by atoms with Crippen LogP contribution in [0.2, 0.25) is 0 Å². The molecule has 1 atom stereocenters. The number of furan rings is 1. The molecule has 7 nitrogen and oxygen atoms in total. The molecule has 1 heterocycles. The van der Waals surface area contributed by atoms with Crippen LogP contribution in [-0.4, -0.2) is 45.4 Å². The van der Waals surface area contributed by atoms with E-state index in [0.717, 1.165) is 5.56 Å². The van der Waals surface area contributed by atoms with Gasteiger partial charge in [0.05, 0.1) is 17.7 Å². The van der Waals surface area contributed by atoms with Gasteiger partial charge in [0.2, 0.25) is 0 Å². The standard InChI is InChI=1S/C19H27N3O4S/c1-4-20-18(22-14-19(2,23)17-6-5-13-26-17)21-12-11-15-7-9-16(10-8-15)27(3,24)25/h5-10,13,23H,4,11-12,14H2,1-3H3,(H2,20,21,22). The molecule has 0 radical (unpaired) electrons. The van der Waals surface area contributed by atoms with Crippen LogP contribution in [-0.2, 0) is 21.9 Å². The Bertz CT molecular complexity index is 842. The zero-order chi connectivity index (χ0) is 19.9. The lowest BCUT2D eigenvalue weighted by Gasteiger charge is -2.19. The first-order chi connectivity index (χ1) is 12.7. The van der Waals surface area contributed by atoms with Crippen LogP contribution < -0.4 is 10.6 Å². The van der Waals surface area contributed by atoms with E-state index in [9.17, 15) is 13.5 Å². The Morgan fingerprint density at radius 2 is 1.93 bits per heavy atom. The van der Waals surface area contributed by atoms with Crippen molar-refractivity contribution in [3.05, 3.63) is 54.0 Å². The van der Waals surface area contributed by atoms with E-state index in [1.165, 1.54) is 12.5 Å². The number of guanidine groups is 1. The maximum atomic E-state index is 11.5. The number of rotatable bonds is 8. The molecule has 0 saturated carbocycles. The Kier molecular flexibility index (Phi) is 7.04. The maximum absolute atomic E-state index is 11.5. The molecule has 1 unspecified atom stereocenters. The Balaban J connectivity index is 1.92. The third-order valence-corrected chi connectivity index (χ3v) is 5.13. The topological polar surface area (TPSA) is 104 Å². The Hall–Kier alpha value is -2.32. The van der Waals surface area contributed by atoms with Crippen LogP contribution in [0.4, 0.5) is 0 Å². The van der Waals surface area contributed by atoms with Crippen LogP contribution in [0.1, 0.15) is 25.2 Å². The number of nitrogens with one attached hydrogen (secondary N) is 2. The summed E-state index contributed by atoms with van der Waals surface area (Å²) in [4.78, 5) is 4.74. The van der Waals surface area contributed by atoms with Gasteiger partial charge in [-0.05, 0) is 50.1 Å². The second-order valence-corrected chi connectivity index (χ2v) is 8.55. The molecule has 2 rings (SSSR count). The van der Waals surface area contributed by atoms with E-state index in [4.69, 9.17) is 4.42 Å². The Morgan fingerprint density at radius 1 is 1.22 bits per heavy atom. The van der Waals surface area contributed by atoms with Gasteiger partial charge in [0.1, 0.15) is 11.4 Å². The lowest BCUT2D eigenvalue weighted by molar-refractivity contribution is 0.0437. The highest BCUT2D eigenvalue weighted by atomic mass is 32.2. The van der Waals surface area contributed by atoms with Gasteiger partial charge < -0.3 is 20.2 Å². The number of hydrogen-bond donors (Lipinski definition) is 3. The lowest BCUT2D eigenvalue weighted by Crippen LogP contribution is -2.39. The zero-order valence-electron chi connectivity index (χ0n) is 15.9. The summed E-state index contributed by atoms with van der Waals surface area (Å²) < 4.78 is 28.2. The van der Waals surface area contributed by atoms with Crippen LogP contribution in [0.5, 0.6) is 0 Å². The predicted octanol–water partition coefficient (Wildman–Crippen LogP) is 1.69. The van der Waals surface area contributed by atoms with E-state index in [0.29, 0.717) is 36.1 Å². The fourth-order valence-corrected chi connectivity index (χ4v) is 3.10. The van der Waals surface area contributed by atoms with Gasteiger partial charge in [-0.3, -0.25) is 0 Å². The first-order valence-corrected chi connectivity index (χ1v) is 10.7. The zero-order valence-corrected chi connectivity index (χ0v) is 16.7. The molecular formula is C19H27N3O4S. The summed E-state index contributed by atoms with van der Waals surface area (Å²) in [6, 6.07) is 10.3. The van der Waals surface area contributed by atoms with E-state index in [1.807, 2.05) is 19.1 Å². The summed E-state index contributed by atoms with van der Waals surface area (Å²) in [7, 11) is -3.18. The number of aliphatic hydroxyl groups is 1. The Labute approximate surface area is 160 Å². The molecule has 0 aliphatic rings. The van der Waals surface area contributed by atoms with Gasteiger partial charge in [-0.2, -0.15) is 0 Å². The normalized spacial score (nSPS) is 14.6. The average molecular weight is 394 g/mol. The minimum Gasteiger partial charge on any atom is -0.466 e. The van der Waals surface area contributed by atoms with Gasteiger partial charge in [0, 0.05) is 19.3 Å². The van der Waals surface area contributed by atoms with E-state index >= 15 is 0 Å². The highest BCUT2D eigenvalue weighted by Crippen LogP contribution is 2.21. The smallest absolute Gasteiger partial charge is 0.191 e. The number of sulfone groups is 1. The molecule has 1 aromatic heterocycles. The summed E-state index contributed by atoms with van der Waals surface area (Å²) in [6.45, 7) is 5.08. The van der Waals surface area contributed by atoms with Crippen molar-refractivity contribution in [1.29, 1.82) is 0 Å². The molecule has 0 bridgehead atoms. The summed E-state index contributed by atoms with van der Waals surface area (Å²) in [5.74, 6) is 1.06. The summed E-state index contributed by atoms with van der Waals surface area (Å²) in [5.41, 5.74) is -0.166. The van der Waals surface area contributed by atoms with Crippen LogP contribution in [0, 0.1) is 0 Å². The number of aliphatic imine (C=N–C) groups is 1. The van der Waals surface area contributed by atoms with Gasteiger partial charge in [0.15, 0.2) is 15.8 Å². The first kappa shape index (κ1) is 21.0. The molecule has 3 N–H and O–H groups in total. The van der Waals surface area contributed by atoms with Crippen molar-refractivity contribution in [2.75, 3.05) is 25.9 Å². The van der Waals surface area contributed by atoms with Crippen LogP contribution in [0.15, 0.2) is 57.0 Å². The molecular weight excluding hydrogens is 366 g/mol. The molecule has 0 amide bonds. The van der Waals surface area contributed by atoms with Crippen molar-refractivity contribution in [3.8, 4) is 0 Å². The Morgan fingerprint density at radius 3 is 2.48 bits per heavy atom. The minimum absolute atomic E-state index is 0.152. The number of benzene rings is 1. The highest BCUT2D eigenvalue weighted by Gasteiger charge is 2.26. The molecule has 1 aromatic carbocycles. The van der Waals surface area contributed by atoms with Gasteiger partial charge in [-0.25, -0.2) is 13.4 Å². The van der Waals surface area contributed by atoms with Gasteiger partial charge in [0.25, 0.3) is 0 Å².